The normalized spacial score (nSPS) is 16.3. The Labute approximate surface area is 277 Å². The molecule has 0 aromatic heterocycles. The zero-order chi connectivity index (χ0) is 35.9. The highest BCUT2D eigenvalue weighted by Gasteiger charge is 2.40. The summed E-state index contributed by atoms with van der Waals surface area (Å²) in [5.41, 5.74) is 11.2. The Morgan fingerprint density at radius 2 is 1.17 bits per heavy atom. The molecule has 13 heteroatoms. The van der Waals surface area contributed by atoms with Crippen LogP contribution in [0.3, 0.4) is 0 Å². The number of carbonyl (C=O) groups excluding carboxylic acids is 2. The second kappa shape index (κ2) is 20.1. The van der Waals surface area contributed by atoms with Gasteiger partial charge < -0.3 is 47.8 Å². The first kappa shape index (κ1) is 43.7. The Morgan fingerprint density at radius 3 is 1.63 bits per heavy atom. The Bertz CT molecular complexity index is 965. The summed E-state index contributed by atoms with van der Waals surface area (Å²) in [5, 5.41) is 49.5. The summed E-state index contributed by atoms with van der Waals surface area (Å²) in [4.78, 5) is 34.2. The van der Waals surface area contributed by atoms with Crippen molar-refractivity contribution < 1.29 is 30.0 Å². The molecule has 0 radical (unpaired) electrons. The van der Waals surface area contributed by atoms with Gasteiger partial charge in [0.2, 0.25) is 0 Å². The van der Waals surface area contributed by atoms with Gasteiger partial charge in [-0.15, -0.1) is 0 Å². The monoisotopic (exact) mass is 658 g/mol. The number of amides is 2. The molecule has 0 saturated carbocycles. The van der Waals surface area contributed by atoms with E-state index in [0.29, 0.717) is 31.1 Å². The van der Waals surface area contributed by atoms with Gasteiger partial charge in [-0.05, 0) is 72.6 Å². The first-order valence-corrected chi connectivity index (χ1v) is 16.7. The molecule has 46 heavy (non-hydrogen) atoms. The zero-order valence-corrected chi connectivity index (χ0v) is 30.2. The van der Waals surface area contributed by atoms with E-state index in [-0.39, 0.29) is 23.9 Å². The number of hydrogen-bond donors (Lipinski definition) is 9. The molecule has 13 nitrogen and oxygen atoms in total. The molecular weight excluding hydrogens is 590 g/mol. The minimum Gasteiger partial charge on any atom is -0.387 e. The molecule has 4 atom stereocenters. The maximum Gasteiger partial charge on any atom is 0.252 e. The third kappa shape index (κ3) is 17.0. The number of rotatable bonds is 21. The lowest BCUT2D eigenvalue weighted by molar-refractivity contribution is -0.156. The van der Waals surface area contributed by atoms with Gasteiger partial charge in [-0.2, -0.15) is 0 Å². The Balaban J connectivity index is 4.98. The minimum absolute atomic E-state index is 0.0643. The van der Waals surface area contributed by atoms with Gasteiger partial charge in [-0.3, -0.25) is 19.6 Å². The summed E-state index contributed by atoms with van der Waals surface area (Å²) in [5.74, 6) is -0.490. The van der Waals surface area contributed by atoms with Crippen LogP contribution in [0, 0.1) is 11.8 Å². The third-order valence-corrected chi connectivity index (χ3v) is 7.91. The number of aliphatic imine (C=N–C) groups is 2. The van der Waals surface area contributed by atoms with Crippen LogP contribution < -0.4 is 27.4 Å². The highest BCUT2D eigenvalue weighted by Crippen LogP contribution is 2.34. The van der Waals surface area contributed by atoms with Crippen molar-refractivity contribution in [2.75, 3.05) is 19.6 Å². The lowest BCUT2D eigenvalue weighted by atomic mass is 9.75. The van der Waals surface area contributed by atoms with Crippen LogP contribution in [-0.2, 0) is 9.59 Å². The summed E-state index contributed by atoms with van der Waals surface area (Å²) < 4.78 is 0. The van der Waals surface area contributed by atoms with Crippen LogP contribution in [0.2, 0.25) is 0 Å². The molecule has 0 heterocycles. The van der Waals surface area contributed by atoms with Gasteiger partial charge in [0.05, 0.1) is 23.8 Å². The van der Waals surface area contributed by atoms with E-state index in [4.69, 9.17) is 16.5 Å². The fourth-order valence-electron chi connectivity index (χ4n) is 5.17. The molecule has 0 aliphatic heterocycles. The van der Waals surface area contributed by atoms with Gasteiger partial charge in [0.1, 0.15) is 12.2 Å². The van der Waals surface area contributed by atoms with E-state index in [1.54, 1.807) is 20.8 Å². The summed E-state index contributed by atoms with van der Waals surface area (Å²) in [6.45, 7) is 21.2. The van der Waals surface area contributed by atoms with Gasteiger partial charge in [-0.1, -0.05) is 40.5 Å². The quantitative estimate of drug-likeness (QED) is 0.0492. The van der Waals surface area contributed by atoms with Crippen molar-refractivity contribution in [3.63, 3.8) is 0 Å². The SMILES string of the molecule is CC(C)C(CCNC(=O)C(O)C(O)C(O)C(O)C(=O)NC(C)(C)C)(N=C(N)CCCCCCC(N)=NCCNC(C)(C)C)C(C)C. The number of nitrogens with two attached hydrogens (primary N) is 2. The van der Waals surface area contributed by atoms with E-state index in [1.165, 1.54) is 0 Å². The summed E-state index contributed by atoms with van der Waals surface area (Å²) >= 11 is 0. The molecule has 0 rings (SSSR count). The van der Waals surface area contributed by atoms with Gasteiger partial charge >= 0.3 is 0 Å². The Morgan fingerprint density at radius 1 is 0.696 bits per heavy atom. The molecule has 4 unspecified atom stereocenters. The molecule has 0 aliphatic carbocycles. The second-order valence-electron chi connectivity index (χ2n) is 15.0. The highest BCUT2D eigenvalue weighted by molar-refractivity contribution is 5.83. The fourth-order valence-corrected chi connectivity index (χ4v) is 5.17. The van der Waals surface area contributed by atoms with Crippen molar-refractivity contribution in [3.05, 3.63) is 0 Å². The van der Waals surface area contributed by atoms with E-state index in [9.17, 15) is 30.0 Å². The Hall–Kier alpha value is -2.32. The number of carbonyl (C=O) groups is 2. The van der Waals surface area contributed by atoms with Crippen LogP contribution in [0.25, 0.3) is 0 Å². The molecule has 0 aliphatic rings. The molecule has 2 amide bonds. The maximum atomic E-state index is 12.6. The highest BCUT2D eigenvalue weighted by atomic mass is 16.4. The number of nitrogens with one attached hydrogen (secondary N) is 3. The van der Waals surface area contributed by atoms with Crippen molar-refractivity contribution >= 4 is 23.5 Å². The summed E-state index contributed by atoms with van der Waals surface area (Å²) in [6.07, 6.45) is -2.61. The van der Waals surface area contributed by atoms with Gasteiger partial charge in [0.25, 0.3) is 11.8 Å². The van der Waals surface area contributed by atoms with Crippen LogP contribution in [-0.4, -0.2) is 105 Å². The van der Waals surface area contributed by atoms with Crippen LogP contribution in [0.15, 0.2) is 9.98 Å². The smallest absolute Gasteiger partial charge is 0.252 e. The molecular formula is C33H67N7O6. The molecule has 11 N–H and O–H groups in total. The van der Waals surface area contributed by atoms with Crippen LogP contribution in [0.4, 0.5) is 0 Å². The fraction of sp³-hybridized carbons (Fsp3) is 0.879. The number of aliphatic hydroxyl groups is 4. The second-order valence-corrected chi connectivity index (χ2v) is 15.0. The first-order chi connectivity index (χ1) is 21.0. The van der Waals surface area contributed by atoms with Crippen molar-refractivity contribution in [2.45, 2.75) is 155 Å². The van der Waals surface area contributed by atoms with E-state index >= 15 is 0 Å². The van der Waals surface area contributed by atoms with E-state index < -0.39 is 47.3 Å². The number of amidine groups is 2. The van der Waals surface area contributed by atoms with Gasteiger partial charge in [0.15, 0.2) is 12.2 Å². The first-order valence-electron chi connectivity index (χ1n) is 16.7. The van der Waals surface area contributed by atoms with Crippen molar-refractivity contribution in [1.82, 2.24) is 16.0 Å². The number of unbranched alkanes of at least 4 members (excludes halogenated alkanes) is 3. The van der Waals surface area contributed by atoms with Gasteiger partial charge in [0, 0.05) is 37.0 Å². The van der Waals surface area contributed by atoms with E-state index in [0.717, 1.165) is 38.6 Å². The van der Waals surface area contributed by atoms with Crippen LogP contribution in [0.1, 0.15) is 114 Å². The standard InChI is InChI=1S/C33H67N7O6/c1-21(2)33(22(3)4,39-24(35)16-14-12-11-13-15-23(34)36-19-20-38-31(5,6)7)17-18-37-29(45)27(43)25(41)26(42)28(44)30(46)40-32(8,9)10/h21-22,25-28,38,41-44H,11-20H2,1-10H3,(H2,34,36)(H2,35,39)(H,37,45)(H,40,46). The van der Waals surface area contributed by atoms with E-state index in [1.807, 2.05) is 27.7 Å². The summed E-state index contributed by atoms with van der Waals surface area (Å²) in [6, 6.07) is 0. The topological polar surface area (TPSA) is 228 Å². The molecule has 0 fully saturated rings. The van der Waals surface area contributed by atoms with Crippen molar-refractivity contribution in [1.29, 1.82) is 0 Å². The molecule has 0 aromatic carbocycles. The molecule has 0 saturated heterocycles. The van der Waals surface area contributed by atoms with Crippen LogP contribution in [0.5, 0.6) is 0 Å². The zero-order valence-electron chi connectivity index (χ0n) is 30.2. The minimum atomic E-state index is -2.09. The molecule has 0 aromatic rings. The maximum absolute atomic E-state index is 12.6. The lowest BCUT2D eigenvalue weighted by Crippen LogP contribution is -2.56. The average Bonchev–Trinajstić information content (AvgIpc) is 2.93. The molecule has 0 bridgehead atoms. The van der Waals surface area contributed by atoms with Crippen LogP contribution >= 0.6 is 0 Å². The summed E-state index contributed by atoms with van der Waals surface area (Å²) in [7, 11) is 0. The molecule has 0 spiro atoms. The van der Waals surface area contributed by atoms with Gasteiger partial charge in [-0.25, -0.2) is 0 Å². The number of nitrogens with zero attached hydrogens (tertiary/aromatic N) is 2. The van der Waals surface area contributed by atoms with E-state index in [2.05, 4.69) is 41.7 Å². The Kier molecular flexibility index (Phi) is 19.1. The average molecular weight is 658 g/mol. The molecule has 270 valence electrons. The number of aliphatic hydroxyl groups excluding tert-OH is 4. The predicted octanol–water partition coefficient (Wildman–Crippen LogP) is 1.34. The largest absolute Gasteiger partial charge is 0.387 e. The third-order valence-electron chi connectivity index (χ3n) is 7.91. The lowest BCUT2D eigenvalue weighted by Gasteiger charge is -2.38. The van der Waals surface area contributed by atoms with Crippen molar-refractivity contribution in [2.24, 2.45) is 33.3 Å². The predicted molar refractivity (Wildman–Crippen MR) is 186 cm³/mol. The van der Waals surface area contributed by atoms with Crippen molar-refractivity contribution in [3.8, 4) is 0 Å². The number of hydrogen-bond acceptors (Lipinski definition) is 9.